The lowest BCUT2D eigenvalue weighted by Crippen LogP contribution is -2.30. The van der Waals surface area contributed by atoms with E-state index in [0.717, 1.165) is 4.90 Å². The van der Waals surface area contributed by atoms with Crippen LogP contribution in [0.4, 0.5) is 5.69 Å². The molecule has 8 heteroatoms. The average Bonchev–Trinajstić information content (AvgIpc) is 2.92. The summed E-state index contributed by atoms with van der Waals surface area (Å²) in [7, 11) is 0. The molecule has 0 aliphatic carbocycles. The van der Waals surface area contributed by atoms with E-state index in [9.17, 15) is 9.59 Å². The number of nitrogens with zero attached hydrogens (tertiary/aromatic N) is 3. The van der Waals surface area contributed by atoms with Gasteiger partial charge in [-0.2, -0.15) is 4.98 Å². The summed E-state index contributed by atoms with van der Waals surface area (Å²) < 4.78 is 6.33. The van der Waals surface area contributed by atoms with Crippen molar-refractivity contribution in [3.05, 3.63) is 46.1 Å². The van der Waals surface area contributed by atoms with E-state index in [0.29, 0.717) is 22.6 Å². The average molecular weight is 344 g/mol. The minimum atomic E-state index is -0.329. The van der Waals surface area contributed by atoms with Crippen LogP contribution >= 0.6 is 11.8 Å². The summed E-state index contributed by atoms with van der Waals surface area (Å²) >= 11 is 1.59. The zero-order valence-corrected chi connectivity index (χ0v) is 14.3. The number of hydrogen-bond donors (Lipinski definition) is 1. The summed E-state index contributed by atoms with van der Waals surface area (Å²) in [6.45, 7) is 3.20. The van der Waals surface area contributed by atoms with Crippen LogP contribution < -0.4 is 10.9 Å². The zero-order valence-electron chi connectivity index (χ0n) is 13.5. The van der Waals surface area contributed by atoms with E-state index in [1.807, 2.05) is 24.5 Å². The lowest BCUT2D eigenvalue weighted by Gasteiger charge is -2.10. The number of anilines is 1. The van der Waals surface area contributed by atoms with Crippen LogP contribution in [0.25, 0.3) is 11.1 Å². The molecule has 0 aliphatic heterocycles. The molecule has 2 aromatic heterocycles. The minimum Gasteiger partial charge on any atom is -0.335 e. The smallest absolute Gasteiger partial charge is 0.267 e. The van der Waals surface area contributed by atoms with Gasteiger partial charge in [0.15, 0.2) is 0 Å². The summed E-state index contributed by atoms with van der Waals surface area (Å²) in [6.07, 6.45) is 1.96. The second kappa shape index (κ2) is 6.48. The molecule has 2 heterocycles. The Morgan fingerprint density at radius 2 is 2.17 bits per heavy atom. The number of nitrogens with one attached hydrogen (secondary N) is 1. The summed E-state index contributed by atoms with van der Waals surface area (Å²) in [6, 6.07) is 7.51. The summed E-state index contributed by atoms with van der Waals surface area (Å²) in [5, 5.41) is 6.85. The van der Waals surface area contributed by atoms with Crippen LogP contribution in [0, 0.1) is 13.8 Å². The number of aromatic nitrogens is 3. The largest absolute Gasteiger partial charge is 0.335 e. The van der Waals surface area contributed by atoms with Gasteiger partial charge in [0.1, 0.15) is 17.8 Å². The van der Waals surface area contributed by atoms with Gasteiger partial charge >= 0.3 is 0 Å². The third-order valence-electron chi connectivity index (χ3n) is 3.61. The first-order valence-corrected chi connectivity index (χ1v) is 8.49. The van der Waals surface area contributed by atoms with Gasteiger partial charge in [0.2, 0.25) is 5.91 Å². The molecule has 0 unspecified atom stereocenters. The van der Waals surface area contributed by atoms with Crippen LogP contribution in [0.15, 0.2) is 38.5 Å². The maximum atomic E-state index is 12.6. The minimum absolute atomic E-state index is 0.123. The normalized spacial score (nSPS) is 11.0. The molecule has 124 valence electrons. The molecule has 24 heavy (non-hydrogen) atoms. The molecule has 0 atom stereocenters. The highest BCUT2D eigenvalue weighted by atomic mass is 32.2. The van der Waals surface area contributed by atoms with Crippen LogP contribution in [-0.4, -0.2) is 26.9 Å². The number of thioether (sulfide) groups is 1. The molecule has 3 rings (SSSR count). The van der Waals surface area contributed by atoms with Gasteiger partial charge in [0.25, 0.3) is 11.3 Å². The summed E-state index contributed by atoms with van der Waals surface area (Å²) in [5.74, 6) is 0.102. The monoisotopic (exact) mass is 344 g/mol. The van der Waals surface area contributed by atoms with Gasteiger partial charge in [0.05, 0.1) is 5.69 Å². The van der Waals surface area contributed by atoms with Gasteiger partial charge in [-0.1, -0.05) is 11.2 Å². The van der Waals surface area contributed by atoms with Crippen molar-refractivity contribution >= 4 is 34.5 Å². The maximum Gasteiger partial charge on any atom is 0.267 e. The predicted octanol–water partition coefficient (Wildman–Crippen LogP) is 2.36. The van der Waals surface area contributed by atoms with Crippen LogP contribution in [0.1, 0.15) is 11.5 Å². The fourth-order valence-corrected chi connectivity index (χ4v) is 2.86. The highest BCUT2D eigenvalue weighted by Gasteiger charge is 2.16. The zero-order chi connectivity index (χ0) is 17.3. The van der Waals surface area contributed by atoms with E-state index < -0.39 is 0 Å². The molecule has 1 N–H and O–H groups in total. The van der Waals surface area contributed by atoms with Crippen molar-refractivity contribution in [1.82, 2.24) is 14.7 Å². The van der Waals surface area contributed by atoms with E-state index in [1.165, 1.54) is 4.57 Å². The third kappa shape index (κ3) is 3.05. The number of amides is 1. The van der Waals surface area contributed by atoms with Gasteiger partial charge in [-0.25, -0.2) is 0 Å². The van der Waals surface area contributed by atoms with Crippen molar-refractivity contribution in [2.75, 3.05) is 11.6 Å². The Balaban J connectivity index is 1.87. The Bertz CT molecular complexity index is 977. The quantitative estimate of drug-likeness (QED) is 0.731. The van der Waals surface area contributed by atoms with Crippen molar-refractivity contribution in [3.63, 3.8) is 0 Å². The Morgan fingerprint density at radius 3 is 2.92 bits per heavy atom. The SMILES string of the molecule is CSc1cccc(NC(=O)Cn2c(C)nc3onc(C)c3c2=O)c1. The molecular weight excluding hydrogens is 328 g/mol. The highest BCUT2D eigenvalue weighted by molar-refractivity contribution is 7.98. The molecule has 0 bridgehead atoms. The van der Waals surface area contributed by atoms with Gasteiger partial charge in [-0.15, -0.1) is 11.8 Å². The number of rotatable bonds is 4. The van der Waals surface area contributed by atoms with Gasteiger partial charge in [-0.05, 0) is 38.3 Å². The van der Waals surface area contributed by atoms with Crippen LogP contribution in [0.2, 0.25) is 0 Å². The van der Waals surface area contributed by atoms with Crippen molar-refractivity contribution in [3.8, 4) is 0 Å². The molecular formula is C16H16N4O3S. The molecule has 7 nitrogen and oxygen atoms in total. The predicted molar refractivity (Wildman–Crippen MR) is 92.4 cm³/mol. The van der Waals surface area contributed by atoms with Crippen molar-refractivity contribution in [2.45, 2.75) is 25.3 Å². The topological polar surface area (TPSA) is 90.0 Å². The van der Waals surface area contributed by atoms with E-state index in [-0.39, 0.29) is 23.7 Å². The van der Waals surface area contributed by atoms with Crippen molar-refractivity contribution in [2.24, 2.45) is 0 Å². The van der Waals surface area contributed by atoms with Gasteiger partial charge in [0, 0.05) is 10.6 Å². The Labute approximate surface area is 142 Å². The second-order valence-electron chi connectivity index (χ2n) is 5.28. The molecule has 0 saturated carbocycles. The summed E-state index contributed by atoms with van der Waals surface area (Å²) in [5.41, 5.74) is 1.01. The second-order valence-corrected chi connectivity index (χ2v) is 6.16. The van der Waals surface area contributed by atoms with E-state index in [1.54, 1.807) is 31.7 Å². The maximum absolute atomic E-state index is 12.6. The first kappa shape index (κ1) is 16.3. The Kier molecular flexibility index (Phi) is 4.39. The number of carbonyl (C=O) groups excluding carboxylic acids is 1. The molecule has 0 fully saturated rings. The summed E-state index contributed by atoms with van der Waals surface area (Å²) in [4.78, 5) is 30.1. The molecule has 0 saturated heterocycles. The Hall–Kier alpha value is -2.61. The fourth-order valence-electron chi connectivity index (χ4n) is 2.40. The molecule has 0 spiro atoms. The van der Waals surface area contributed by atoms with Crippen molar-refractivity contribution in [1.29, 1.82) is 0 Å². The van der Waals surface area contributed by atoms with Crippen LogP contribution in [0.3, 0.4) is 0 Å². The van der Waals surface area contributed by atoms with E-state index in [4.69, 9.17) is 4.52 Å². The standard InChI is InChI=1S/C16H16N4O3S/c1-9-14-15(23-19-9)17-10(2)20(16(14)22)8-13(21)18-11-5-4-6-12(7-11)24-3/h4-7H,8H2,1-3H3,(H,18,21). The lowest BCUT2D eigenvalue weighted by atomic mass is 10.3. The number of aryl methyl sites for hydroxylation is 2. The third-order valence-corrected chi connectivity index (χ3v) is 4.34. The number of hydrogen-bond acceptors (Lipinski definition) is 6. The molecule has 3 aromatic rings. The number of carbonyl (C=O) groups is 1. The van der Waals surface area contributed by atoms with Crippen LogP contribution in [-0.2, 0) is 11.3 Å². The van der Waals surface area contributed by atoms with E-state index in [2.05, 4.69) is 15.5 Å². The molecule has 1 aromatic carbocycles. The molecule has 0 aliphatic rings. The fraction of sp³-hybridized carbons (Fsp3) is 0.250. The number of benzene rings is 1. The molecule has 0 radical (unpaired) electrons. The lowest BCUT2D eigenvalue weighted by molar-refractivity contribution is -0.116. The van der Waals surface area contributed by atoms with Crippen molar-refractivity contribution < 1.29 is 9.32 Å². The van der Waals surface area contributed by atoms with Gasteiger partial charge < -0.3 is 9.84 Å². The first-order valence-electron chi connectivity index (χ1n) is 7.27. The van der Waals surface area contributed by atoms with Gasteiger partial charge in [-0.3, -0.25) is 14.2 Å². The van der Waals surface area contributed by atoms with Crippen LogP contribution in [0.5, 0.6) is 0 Å². The first-order chi connectivity index (χ1) is 11.5. The Morgan fingerprint density at radius 1 is 1.38 bits per heavy atom. The number of fused-ring (bicyclic) bond motifs is 1. The highest BCUT2D eigenvalue weighted by Crippen LogP contribution is 2.19. The van der Waals surface area contributed by atoms with E-state index >= 15 is 0 Å². The molecule has 1 amide bonds.